The monoisotopic (exact) mass is 275 g/mol. The van der Waals surface area contributed by atoms with E-state index in [1.165, 1.54) is 6.20 Å². The van der Waals surface area contributed by atoms with E-state index >= 15 is 0 Å². The van der Waals surface area contributed by atoms with E-state index in [1.807, 2.05) is 6.92 Å². The zero-order chi connectivity index (χ0) is 14.4. The second-order valence-corrected chi connectivity index (χ2v) is 4.33. The largest absolute Gasteiger partial charge is 0.369 e. The summed E-state index contributed by atoms with van der Waals surface area (Å²) in [5.41, 5.74) is 1.05. The molecule has 0 aliphatic heterocycles. The summed E-state index contributed by atoms with van der Waals surface area (Å²) in [5, 5.41) is 9.53. The van der Waals surface area contributed by atoms with Crippen molar-refractivity contribution in [2.24, 2.45) is 0 Å². The Morgan fingerprint density at radius 2 is 2.20 bits per heavy atom. The lowest BCUT2D eigenvalue weighted by Crippen LogP contribution is -2.23. The molecule has 0 aliphatic carbocycles. The van der Waals surface area contributed by atoms with E-state index in [9.17, 15) is 4.79 Å². The minimum Gasteiger partial charge on any atom is -0.369 e. The van der Waals surface area contributed by atoms with Gasteiger partial charge in [-0.3, -0.25) is 4.79 Å². The van der Waals surface area contributed by atoms with E-state index in [1.54, 1.807) is 12.3 Å². The molecular formula is C13H17N5O2. The Morgan fingerprint density at radius 3 is 2.80 bits per heavy atom. The van der Waals surface area contributed by atoms with Crippen LogP contribution < -0.4 is 10.6 Å². The predicted molar refractivity (Wildman–Crippen MR) is 73.2 cm³/mol. The molecule has 0 atom stereocenters. The molecule has 2 aromatic heterocycles. The maximum atomic E-state index is 11.9. The summed E-state index contributed by atoms with van der Waals surface area (Å²) in [6.07, 6.45) is 3.99. The van der Waals surface area contributed by atoms with E-state index in [2.05, 4.69) is 32.7 Å². The minimum absolute atomic E-state index is 0.267. The first kappa shape index (κ1) is 14.0. The molecule has 0 bridgehead atoms. The van der Waals surface area contributed by atoms with Crippen LogP contribution in [-0.2, 0) is 6.54 Å². The number of hydrogen-bond donors (Lipinski definition) is 2. The quantitative estimate of drug-likeness (QED) is 0.830. The minimum atomic E-state index is -0.298. The van der Waals surface area contributed by atoms with Crippen LogP contribution in [0.4, 0.5) is 5.82 Å². The fourth-order valence-corrected chi connectivity index (χ4v) is 1.55. The van der Waals surface area contributed by atoms with E-state index in [4.69, 9.17) is 4.52 Å². The second-order valence-electron chi connectivity index (χ2n) is 4.33. The molecule has 106 valence electrons. The van der Waals surface area contributed by atoms with Crippen molar-refractivity contribution in [3.05, 3.63) is 35.6 Å². The molecule has 20 heavy (non-hydrogen) atoms. The van der Waals surface area contributed by atoms with Crippen molar-refractivity contribution in [3.63, 3.8) is 0 Å². The molecular weight excluding hydrogens is 258 g/mol. The number of nitrogens with one attached hydrogen (secondary N) is 2. The third kappa shape index (κ3) is 3.78. The molecule has 0 aliphatic rings. The highest BCUT2D eigenvalue weighted by molar-refractivity contribution is 5.91. The van der Waals surface area contributed by atoms with E-state index < -0.39 is 0 Å². The van der Waals surface area contributed by atoms with Gasteiger partial charge in [0.25, 0.3) is 5.91 Å². The fraction of sp³-hybridized carbons (Fsp3) is 0.385. The van der Waals surface area contributed by atoms with Crippen LogP contribution in [0.5, 0.6) is 0 Å². The van der Waals surface area contributed by atoms with Crippen molar-refractivity contribution in [3.8, 4) is 0 Å². The molecule has 2 aromatic rings. The Labute approximate surface area is 116 Å². The normalized spacial score (nSPS) is 10.3. The molecule has 1 amide bonds. The van der Waals surface area contributed by atoms with Gasteiger partial charge in [0.15, 0.2) is 5.76 Å². The first-order valence-corrected chi connectivity index (χ1v) is 6.45. The summed E-state index contributed by atoms with van der Waals surface area (Å²) in [6.45, 7) is 4.98. The third-order valence-electron chi connectivity index (χ3n) is 2.54. The van der Waals surface area contributed by atoms with Crippen LogP contribution in [0.25, 0.3) is 0 Å². The number of anilines is 1. The third-order valence-corrected chi connectivity index (χ3v) is 2.54. The highest BCUT2D eigenvalue weighted by atomic mass is 16.5. The lowest BCUT2D eigenvalue weighted by Gasteiger charge is -2.04. The number of hydrogen-bond acceptors (Lipinski definition) is 6. The summed E-state index contributed by atoms with van der Waals surface area (Å²) in [6, 6.07) is 1.77. The Morgan fingerprint density at radius 1 is 1.35 bits per heavy atom. The number of carbonyl (C=O) groups is 1. The van der Waals surface area contributed by atoms with Gasteiger partial charge >= 0.3 is 0 Å². The van der Waals surface area contributed by atoms with Gasteiger partial charge in [-0.2, -0.15) is 0 Å². The molecule has 0 radical (unpaired) electrons. The van der Waals surface area contributed by atoms with E-state index in [0.717, 1.165) is 18.7 Å². The Hall–Kier alpha value is -2.44. The summed E-state index contributed by atoms with van der Waals surface area (Å²) in [4.78, 5) is 20.0. The van der Waals surface area contributed by atoms with Crippen LogP contribution >= 0.6 is 0 Å². The molecule has 2 rings (SSSR count). The summed E-state index contributed by atoms with van der Waals surface area (Å²) in [5.74, 6) is 0.966. The zero-order valence-corrected chi connectivity index (χ0v) is 11.5. The van der Waals surface area contributed by atoms with Gasteiger partial charge in [-0.05, 0) is 13.3 Å². The maximum absolute atomic E-state index is 11.9. The average Bonchev–Trinajstić information content (AvgIpc) is 2.89. The molecule has 7 nitrogen and oxygen atoms in total. The topological polar surface area (TPSA) is 92.9 Å². The Balaban J connectivity index is 1.88. The van der Waals surface area contributed by atoms with Crippen LogP contribution in [0.15, 0.2) is 23.0 Å². The molecule has 0 unspecified atom stereocenters. The number of carbonyl (C=O) groups excluding carboxylic acids is 1. The SMILES string of the molecule is CCCNc1cnc(C(=O)NCc2cc(C)no2)cn1. The molecule has 2 heterocycles. The van der Waals surface area contributed by atoms with Crippen LogP contribution in [-0.4, -0.2) is 27.6 Å². The number of aromatic nitrogens is 3. The molecule has 0 saturated carbocycles. The number of nitrogens with zero attached hydrogens (tertiary/aromatic N) is 3. The number of aryl methyl sites for hydroxylation is 1. The second kappa shape index (κ2) is 6.65. The Bertz CT molecular complexity index is 564. The standard InChI is InChI=1S/C13H17N5O2/c1-3-4-14-12-8-15-11(7-16-12)13(19)17-6-10-5-9(2)18-20-10/h5,7-8H,3-4,6H2,1-2H3,(H,14,16)(H,17,19). The van der Waals surface area contributed by atoms with Gasteiger partial charge in [-0.1, -0.05) is 12.1 Å². The first-order chi connectivity index (χ1) is 9.69. The van der Waals surface area contributed by atoms with Gasteiger partial charge < -0.3 is 15.2 Å². The molecule has 0 saturated heterocycles. The van der Waals surface area contributed by atoms with Crippen LogP contribution in [0.1, 0.15) is 35.3 Å². The van der Waals surface area contributed by atoms with Gasteiger partial charge in [-0.25, -0.2) is 9.97 Å². The fourth-order valence-electron chi connectivity index (χ4n) is 1.55. The van der Waals surface area contributed by atoms with Crippen LogP contribution in [0, 0.1) is 6.92 Å². The van der Waals surface area contributed by atoms with Crippen molar-refractivity contribution < 1.29 is 9.32 Å². The molecule has 0 spiro atoms. The molecule has 0 aromatic carbocycles. The summed E-state index contributed by atoms with van der Waals surface area (Å²) >= 11 is 0. The van der Waals surface area contributed by atoms with Crippen LogP contribution in [0.3, 0.4) is 0 Å². The van der Waals surface area contributed by atoms with Gasteiger partial charge in [0.1, 0.15) is 11.5 Å². The first-order valence-electron chi connectivity index (χ1n) is 6.45. The molecule has 7 heteroatoms. The number of rotatable bonds is 6. The maximum Gasteiger partial charge on any atom is 0.271 e. The highest BCUT2D eigenvalue weighted by Gasteiger charge is 2.09. The van der Waals surface area contributed by atoms with Crippen molar-refractivity contribution in [2.75, 3.05) is 11.9 Å². The molecule has 0 fully saturated rings. The van der Waals surface area contributed by atoms with Crippen LogP contribution in [0.2, 0.25) is 0 Å². The summed E-state index contributed by atoms with van der Waals surface area (Å²) < 4.78 is 5.00. The van der Waals surface area contributed by atoms with Crippen molar-refractivity contribution in [2.45, 2.75) is 26.8 Å². The smallest absolute Gasteiger partial charge is 0.271 e. The highest BCUT2D eigenvalue weighted by Crippen LogP contribution is 2.03. The van der Waals surface area contributed by atoms with Gasteiger partial charge in [0.2, 0.25) is 0 Å². The lowest BCUT2D eigenvalue weighted by molar-refractivity contribution is 0.0941. The van der Waals surface area contributed by atoms with Gasteiger partial charge in [-0.15, -0.1) is 0 Å². The van der Waals surface area contributed by atoms with E-state index in [-0.39, 0.29) is 18.1 Å². The van der Waals surface area contributed by atoms with E-state index in [0.29, 0.717) is 11.6 Å². The van der Waals surface area contributed by atoms with Crippen molar-refractivity contribution in [1.29, 1.82) is 0 Å². The van der Waals surface area contributed by atoms with Gasteiger partial charge in [0.05, 0.1) is 24.6 Å². The Kier molecular flexibility index (Phi) is 4.65. The zero-order valence-electron chi connectivity index (χ0n) is 11.5. The van der Waals surface area contributed by atoms with Crippen molar-refractivity contribution >= 4 is 11.7 Å². The van der Waals surface area contributed by atoms with Gasteiger partial charge in [0, 0.05) is 12.6 Å². The average molecular weight is 275 g/mol. The number of amides is 1. The van der Waals surface area contributed by atoms with Crippen molar-refractivity contribution in [1.82, 2.24) is 20.4 Å². The predicted octanol–water partition coefficient (Wildman–Crippen LogP) is 1.52. The molecule has 2 N–H and O–H groups in total. The summed E-state index contributed by atoms with van der Waals surface area (Å²) in [7, 11) is 0. The lowest BCUT2D eigenvalue weighted by atomic mass is 10.3.